The van der Waals surface area contributed by atoms with Crippen LogP contribution < -0.4 is 5.32 Å². The maximum Gasteiger partial charge on any atom is 0.179 e. The Balaban J connectivity index is 2.16. The minimum atomic E-state index is -3.12. The molecule has 3 nitrogen and oxygen atoms in total. The monoisotopic (exact) mass is 253 g/mol. The standard InChI is InChI=1S/C13H19NO2S/c1-2-14-8-9-17(15,16)13-7-6-11-4-3-5-12(11)10-13/h6-7,10,14H,2-5,8-9H2,1H3. The van der Waals surface area contributed by atoms with Gasteiger partial charge in [0, 0.05) is 6.54 Å². The molecule has 1 N–H and O–H groups in total. The molecule has 0 saturated heterocycles. The molecular weight excluding hydrogens is 234 g/mol. The molecule has 0 atom stereocenters. The van der Waals surface area contributed by atoms with E-state index in [2.05, 4.69) is 5.32 Å². The lowest BCUT2D eigenvalue weighted by atomic mass is 10.1. The molecule has 4 heteroatoms. The third-order valence-corrected chi connectivity index (χ3v) is 4.94. The average molecular weight is 253 g/mol. The van der Waals surface area contributed by atoms with Crippen LogP contribution in [0.15, 0.2) is 23.1 Å². The van der Waals surface area contributed by atoms with Crippen LogP contribution in [0.5, 0.6) is 0 Å². The van der Waals surface area contributed by atoms with Crippen LogP contribution in [0.2, 0.25) is 0 Å². The fourth-order valence-electron chi connectivity index (χ4n) is 2.24. The lowest BCUT2D eigenvalue weighted by molar-refractivity contribution is 0.592. The lowest BCUT2D eigenvalue weighted by Gasteiger charge is -2.07. The van der Waals surface area contributed by atoms with Gasteiger partial charge in [-0.25, -0.2) is 8.42 Å². The lowest BCUT2D eigenvalue weighted by Crippen LogP contribution is -2.22. The summed E-state index contributed by atoms with van der Waals surface area (Å²) in [5.74, 6) is 0.180. The highest BCUT2D eigenvalue weighted by Crippen LogP contribution is 2.25. The zero-order chi connectivity index (χ0) is 12.3. The summed E-state index contributed by atoms with van der Waals surface area (Å²) < 4.78 is 24.1. The maximum absolute atomic E-state index is 12.1. The predicted octanol–water partition coefficient (Wildman–Crippen LogP) is 1.56. The van der Waals surface area contributed by atoms with Crippen molar-refractivity contribution in [2.24, 2.45) is 0 Å². The molecule has 94 valence electrons. The highest BCUT2D eigenvalue weighted by molar-refractivity contribution is 7.91. The number of benzene rings is 1. The fourth-order valence-corrected chi connectivity index (χ4v) is 3.49. The van der Waals surface area contributed by atoms with Crippen LogP contribution in [0.25, 0.3) is 0 Å². The molecule has 1 aliphatic carbocycles. The van der Waals surface area contributed by atoms with Crippen LogP contribution >= 0.6 is 0 Å². The average Bonchev–Trinajstić information content (AvgIpc) is 2.76. The zero-order valence-electron chi connectivity index (χ0n) is 10.2. The summed E-state index contributed by atoms with van der Waals surface area (Å²) in [6.07, 6.45) is 3.26. The van der Waals surface area contributed by atoms with Gasteiger partial charge >= 0.3 is 0 Å². The minimum Gasteiger partial charge on any atom is -0.316 e. The van der Waals surface area contributed by atoms with Gasteiger partial charge in [-0.2, -0.15) is 0 Å². The van der Waals surface area contributed by atoms with Gasteiger partial charge in [-0.1, -0.05) is 13.0 Å². The third kappa shape index (κ3) is 2.87. The van der Waals surface area contributed by atoms with E-state index in [-0.39, 0.29) is 5.75 Å². The molecule has 0 saturated carbocycles. The number of nitrogens with one attached hydrogen (secondary N) is 1. The Morgan fingerprint density at radius 3 is 2.76 bits per heavy atom. The van der Waals surface area contributed by atoms with Gasteiger partial charge in [0.1, 0.15) is 0 Å². The summed E-state index contributed by atoms with van der Waals surface area (Å²) in [4.78, 5) is 0.482. The van der Waals surface area contributed by atoms with Crippen molar-refractivity contribution in [2.45, 2.75) is 31.1 Å². The van der Waals surface area contributed by atoms with Crippen LogP contribution in [0.1, 0.15) is 24.5 Å². The van der Waals surface area contributed by atoms with Gasteiger partial charge in [-0.05, 0) is 49.1 Å². The van der Waals surface area contributed by atoms with Gasteiger partial charge in [0.25, 0.3) is 0 Å². The largest absolute Gasteiger partial charge is 0.316 e. The summed E-state index contributed by atoms with van der Waals surface area (Å²) in [5, 5.41) is 3.05. The second-order valence-corrected chi connectivity index (χ2v) is 6.57. The highest BCUT2D eigenvalue weighted by atomic mass is 32.2. The Hall–Kier alpha value is -0.870. The predicted molar refractivity (Wildman–Crippen MR) is 69.1 cm³/mol. The second kappa shape index (κ2) is 5.19. The van der Waals surface area contributed by atoms with Crippen molar-refractivity contribution in [3.8, 4) is 0 Å². The van der Waals surface area contributed by atoms with Crippen molar-refractivity contribution in [2.75, 3.05) is 18.8 Å². The van der Waals surface area contributed by atoms with Gasteiger partial charge in [-0.3, -0.25) is 0 Å². The summed E-state index contributed by atoms with van der Waals surface area (Å²) in [5.41, 5.74) is 2.53. The number of aryl methyl sites for hydroxylation is 2. The molecule has 0 aromatic heterocycles. The van der Waals surface area contributed by atoms with E-state index in [4.69, 9.17) is 0 Å². The molecular formula is C13H19NO2S. The van der Waals surface area contributed by atoms with Crippen LogP contribution in [-0.2, 0) is 22.7 Å². The number of hydrogen-bond acceptors (Lipinski definition) is 3. The van der Waals surface area contributed by atoms with E-state index >= 15 is 0 Å². The smallest absolute Gasteiger partial charge is 0.179 e. The van der Waals surface area contributed by atoms with Crippen LogP contribution in [0, 0.1) is 0 Å². The first-order chi connectivity index (χ1) is 8.13. The van der Waals surface area contributed by atoms with Crippen LogP contribution in [0.3, 0.4) is 0 Å². The molecule has 2 rings (SSSR count). The first-order valence-electron chi connectivity index (χ1n) is 6.19. The van der Waals surface area contributed by atoms with Crippen LogP contribution in [0.4, 0.5) is 0 Å². The van der Waals surface area contributed by atoms with E-state index in [9.17, 15) is 8.42 Å². The van der Waals surface area contributed by atoms with Crippen molar-refractivity contribution < 1.29 is 8.42 Å². The first-order valence-corrected chi connectivity index (χ1v) is 7.84. The Morgan fingerprint density at radius 2 is 2.00 bits per heavy atom. The van der Waals surface area contributed by atoms with Gasteiger partial charge in [-0.15, -0.1) is 0 Å². The Labute approximate surface area is 103 Å². The van der Waals surface area contributed by atoms with Crippen LogP contribution in [-0.4, -0.2) is 27.3 Å². The van der Waals surface area contributed by atoms with E-state index in [1.807, 2.05) is 19.1 Å². The van der Waals surface area contributed by atoms with E-state index in [0.29, 0.717) is 11.4 Å². The van der Waals surface area contributed by atoms with Crippen molar-refractivity contribution in [3.63, 3.8) is 0 Å². The molecule has 1 aromatic rings. The third-order valence-electron chi connectivity index (χ3n) is 3.23. The molecule has 1 aromatic carbocycles. The van der Waals surface area contributed by atoms with E-state index in [1.165, 1.54) is 11.1 Å². The fraction of sp³-hybridized carbons (Fsp3) is 0.538. The summed E-state index contributed by atoms with van der Waals surface area (Å²) in [6.45, 7) is 3.30. The van der Waals surface area contributed by atoms with Crippen molar-refractivity contribution in [1.82, 2.24) is 5.32 Å². The van der Waals surface area contributed by atoms with Crippen molar-refractivity contribution in [1.29, 1.82) is 0 Å². The summed E-state index contributed by atoms with van der Waals surface area (Å²) in [7, 11) is -3.12. The summed E-state index contributed by atoms with van der Waals surface area (Å²) >= 11 is 0. The van der Waals surface area contributed by atoms with E-state index in [0.717, 1.165) is 25.8 Å². The Morgan fingerprint density at radius 1 is 1.24 bits per heavy atom. The molecule has 0 spiro atoms. The topological polar surface area (TPSA) is 46.2 Å². The molecule has 1 aliphatic rings. The molecule has 17 heavy (non-hydrogen) atoms. The molecule has 0 heterocycles. The highest BCUT2D eigenvalue weighted by Gasteiger charge is 2.17. The molecule has 0 aliphatic heterocycles. The molecule has 0 amide bonds. The quantitative estimate of drug-likeness (QED) is 0.810. The van der Waals surface area contributed by atoms with Gasteiger partial charge in [0.15, 0.2) is 9.84 Å². The normalized spacial score (nSPS) is 14.9. The van der Waals surface area contributed by atoms with Gasteiger partial charge in [0.2, 0.25) is 0 Å². The molecule has 0 fully saturated rings. The second-order valence-electron chi connectivity index (χ2n) is 4.46. The Kier molecular flexibility index (Phi) is 3.84. The first kappa shape index (κ1) is 12.6. The Bertz CT molecular complexity index is 494. The van der Waals surface area contributed by atoms with Gasteiger partial charge in [0.05, 0.1) is 10.6 Å². The van der Waals surface area contributed by atoms with Crippen molar-refractivity contribution in [3.05, 3.63) is 29.3 Å². The van der Waals surface area contributed by atoms with Crippen molar-refractivity contribution >= 4 is 9.84 Å². The number of fused-ring (bicyclic) bond motifs is 1. The van der Waals surface area contributed by atoms with E-state index < -0.39 is 9.84 Å². The number of sulfone groups is 1. The number of hydrogen-bond donors (Lipinski definition) is 1. The molecule has 0 bridgehead atoms. The van der Waals surface area contributed by atoms with Gasteiger partial charge < -0.3 is 5.32 Å². The van der Waals surface area contributed by atoms with E-state index in [1.54, 1.807) is 6.07 Å². The SMILES string of the molecule is CCNCCS(=O)(=O)c1ccc2c(c1)CCC2. The zero-order valence-corrected chi connectivity index (χ0v) is 11.0. The number of rotatable bonds is 5. The summed E-state index contributed by atoms with van der Waals surface area (Å²) in [6, 6.07) is 5.59. The molecule has 0 unspecified atom stereocenters. The minimum absolute atomic E-state index is 0.180. The molecule has 0 radical (unpaired) electrons. The maximum atomic E-state index is 12.1.